The van der Waals surface area contributed by atoms with Crippen molar-refractivity contribution in [2.45, 2.75) is 18.3 Å². The van der Waals surface area contributed by atoms with E-state index >= 15 is 0 Å². The minimum Gasteiger partial charge on any atom is -0.421 e. The average Bonchev–Trinajstić information content (AvgIpc) is 2.68. The molecule has 1 unspecified atom stereocenters. The van der Waals surface area contributed by atoms with Crippen molar-refractivity contribution in [3.63, 3.8) is 0 Å². The molecule has 3 heterocycles. The number of benzene rings is 1. The third-order valence-electron chi connectivity index (χ3n) is 4.47. The molecular weight excluding hydrogens is 424 g/mol. The molecule has 158 valence electrons. The van der Waals surface area contributed by atoms with Crippen molar-refractivity contribution in [2.24, 2.45) is 4.99 Å². The first-order chi connectivity index (χ1) is 14.6. The molecule has 0 saturated carbocycles. The fraction of sp³-hybridized carbons (Fsp3) is 0.176. The summed E-state index contributed by atoms with van der Waals surface area (Å²) in [4.78, 5) is 8.19. The molecule has 10 nitrogen and oxygen atoms in total. The highest BCUT2D eigenvalue weighted by molar-refractivity contribution is 5.98. The summed E-state index contributed by atoms with van der Waals surface area (Å²) in [5.74, 6) is -1.81. The zero-order chi connectivity index (χ0) is 22.6. The van der Waals surface area contributed by atoms with Gasteiger partial charge in [0.25, 0.3) is 0 Å². The molecule has 0 saturated heterocycles. The third-order valence-corrected chi connectivity index (χ3v) is 4.47. The van der Waals surface area contributed by atoms with Gasteiger partial charge in [-0.15, -0.1) is 0 Å². The second kappa shape index (κ2) is 6.53. The Kier molecular flexibility index (Phi) is 4.18. The SMILES string of the molecule is N#CNC1=NC(c2cccc3c2OC(F)(F)C(F)(F)O3)c2c(nc(N)c(C#N)c2N)N1. The zero-order valence-electron chi connectivity index (χ0n) is 15.1. The molecule has 0 radical (unpaired) electrons. The molecule has 4 rings (SSSR count). The van der Waals surface area contributed by atoms with Crippen molar-refractivity contribution in [3.05, 3.63) is 34.9 Å². The highest BCUT2D eigenvalue weighted by Crippen LogP contribution is 2.52. The summed E-state index contributed by atoms with van der Waals surface area (Å²) in [5, 5.41) is 23.1. The van der Waals surface area contributed by atoms with Gasteiger partial charge in [0.2, 0.25) is 5.96 Å². The summed E-state index contributed by atoms with van der Waals surface area (Å²) in [6.07, 6.45) is -8.28. The summed E-state index contributed by atoms with van der Waals surface area (Å²) in [7, 11) is 0. The van der Waals surface area contributed by atoms with Crippen molar-refractivity contribution in [2.75, 3.05) is 16.8 Å². The first kappa shape index (κ1) is 19.8. The Balaban J connectivity index is 1.96. The molecule has 2 aliphatic heterocycles. The van der Waals surface area contributed by atoms with Gasteiger partial charge >= 0.3 is 12.2 Å². The van der Waals surface area contributed by atoms with Crippen molar-refractivity contribution in [3.8, 4) is 23.8 Å². The maximum Gasteiger partial charge on any atom is 0.507 e. The maximum absolute atomic E-state index is 13.9. The minimum absolute atomic E-state index is 0.0295. The number of anilines is 3. The molecule has 14 heteroatoms. The van der Waals surface area contributed by atoms with E-state index < -0.39 is 29.8 Å². The van der Waals surface area contributed by atoms with Gasteiger partial charge in [0.1, 0.15) is 29.3 Å². The van der Waals surface area contributed by atoms with E-state index in [9.17, 15) is 22.8 Å². The third kappa shape index (κ3) is 2.93. The smallest absolute Gasteiger partial charge is 0.421 e. The maximum atomic E-state index is 13.9. The number of nitriles is 2. The number of nitrogens with one attached hydrogen (secondary N) is 2. The number of aromatic nitrogens is 1. The molecule has 0 aliphatic carbocycles. The molecule has 1 atom stereocenters. The van der Waals surface area contributed by atoms with Gasteiger partial charge in [0, 0.05) is 11.1 Å². The largest absolute Gasteiger partial charge is 0.507 e. The van der Waals surface area contributed by atoms with Crippen LogP contribution in [-0.2, 0) is 0 Å². The molecule has 31 heavy (non-hydrogen) atoms. The van der Waals surface area contributed by atoms with E-state index in [-0.39, 0.29) is 40.0 Å². The highest BCUT2D eigenvalue weighted by atomic mass is 19.3. The molecular formula is C17H10F4N8O2. The summed E-state index contributed by atoms with van der Waals surface area (Å²) in [5.41, 5.74) is 11.3. The Morgan fingerprint density at radius 2 is 1.84 bits per heavy atom. The Morgan fingerprint density at radius 1 is 1.13 bits per heavy atom. The van der Waals surface area contributed by atoms with Gasteiger partial charge in [-0.3, -0.25) is 5.32 Å². The van der Waals surface area contributed by atoms with Crippen LogP contribution < -0.4 is 31.6 Å². The number of ether oxygens (including phenoxy) is 2. The highest BCUT2D eigenvalue weighted by Gasteiger charge is 2.66. The molecule has 0 fully saturated rings. The number of alkyl halides is 4. The van der Waals surface area contributed by atoms with Crippen molar-refractivity contribution < 1.29 is 27.0 Å². The van der Waals surface area contributed by atoms with Crippen LogP contribution in [0.1, 0.15) is 22.7 Å². The van der Waals surface area contributed by atoms with Crippen molar-refractivity contribution in [1.82, 2.24) is 10.3 Å². The van der Waals surface area contributed by atoms with E-state index in [1.807, 2.05) is 0 Å². The standard InChI is InChI=1S/C17H10F4N8O2/c18-16(19)17(20,21)31-12-6(2-1-3-8(12)30-16)11-9-10(24)7(4-22)13(25)28-14(9)29-15(27-11)26-5-23/h1-3,11H,(H6,24,25,26,27,28,29). The predicted octanol–water partition coefficient (Wildman–Crippen LogP) is 2.02. The number of hydrogen-bond donors (Lipinski definition) is 4. The predicted molar refractivity (Wildman–Crippen MR) is 97.0 cm³/mol. The number of guanidine groups is 1. The second-order valence-electron chi connectivity index (χ2n) is 6.31. The molecule has 1 aromatic carbocycles. The first-order valence-corrected chi connectivity index (χ1v) is 8.35. The van der Waals surface area contributed by atoms with Gasteiger partial charge in [0.05, 0.1) is 5.69 Å². The van der Waals surface area contributed by atoms with Gasteiger partial charge in [-0.25, -0.2) is 9.98 Å². The van der Waals surface area contributed by atoms with Crippen LogP contribution in [0.25, 0.3) is 0 Å². The average molecular weight is 434 g/mol. The van der Waals surface area contributed by atoms with E-state index in [2.05, 4.69) is 30.1 Å². The van der Waals surface area contributed by atoms with Crippen molar-refractivity contribution >= 4 is 23.3 Å². The Morgan fingerprint density at radius 3 is 2.52 bits per heavy atom. The monoisotopic (exact) mass is 434 g/mol. The lowest BCUT2D eigenvalue weighted by Crippen LogP contribution is -2.52. The van der Waals surface area contributed by atoms with Crippen molar-refractivity contribution in [1.29, 1.82) is 10.5 Å². The number of hydrogen-bond acceptors (Lipinski definition) is 10. The Bertz CT molecular complexity index is 1220. The number of nitrogens with zero attached hydrogens (tertiary/aromatic N) is 4. The number of fused-ring (bicyclic) bond motifs is 2. The van der Waals surface area contributed by atoms with Gasteiger partial charge in [-0.2, -0.15) is 28.1 Å². The zero-order valence-corrected chi connectivity index (χ0v) is 15.1. The lowest BCUT2D eigenvalue weighted by atomic mass is 9.94. The number of rotatable bonds is 1. The lowest BCUT2D eigenvalue weighted by molar-refractivity contribution is -0.391. The summed E-state index contributed by atoms with van der Waals surface area (Å²) in [6, 6.07) is 3.99. The molecule has 6 N–H and O–H groups in total. The fourth-order valence-corrected chi connectivity index (χ4v) is 3.13. The van der Waals surface area contributed by atoms with Gasteiger partial charge in [0.15, 0.2) is 17.7 Å². The summed E-state index contributed by atoms with van der Waals surface area (Å²) in [6.45, 7) is 0. The van der Waals surface area contributed by atoms with Crippen LogP contribution in [0.5, 0.6) is 11.5 Å². The van der Waals surface area contributed by atoms with E-state index in [0.717, 1.165) is 6.07 Å². The van der Waals surface area contributed by atoms with E-state index in [0.29, 0.717) is 0 Å². The van der Waals surface area contributed by atoms with E-state index in [1.165, 1.54) is 12.1 Å². The number of nitrogens with two attached hydrogens (primary N) is 2. The second-order valence-corrected chi connectivity index (χ2v) is 6.31. The van der Waals surface area contributed by atoms with Crippen LogP contribution in [0, 0.1) is 22.8 Å². The normalized spacial score (nSPS) is 19.7. The van der Waals surface area contributed by atoms with Crippen LogP contribution in [0.15, 0.2) is 23.2 Å². The first-order valence-electron chi connectivity index (χ1n) is 8.35. The number of halogens is 4. The molecule has 2 aliphatic rings. The van der Waals surface area contributed by atoms with Crippen LogP contribution in [0.4, 0.5) is 34.9 Å². The molecule has 0 spiro atoms. The van der Waals surface area contributed by atoms with Gasteiger partial charge < -0.3 is 26.3 Å². The van der Waals surface area contributed by atoms with Gasteiger partial charge in [-0.05, 0) is 6.07 Å². The topological polar surface area (TPSA) is 167 Å². The van der Waals surface area contributed by atoms with E-state index in [4.69, 9.17) is 16.7 Å². The van der Waals surface area contributed by atoms with Crippen LogP contribution in [0.2, 0.25) is 0 Å². The van der Waals surface area contributed by atoms with Gasteiger partial charge in [-0.1, -0.05) is 12.1 Å². The van der Waals surface area contributed by atoms with Crippen LogP contribution in [-0.4, -0.2) is 23.2 Å². The number of pyridine rings is 1. The Labute approximate surface area is 170 Å². The molecule has 1 aromatic heterocycles. The molecule has 0 amide bonds. The van der Waals surface area contributed by atoms with Crippen LogP contribution >= 0.6 is 0 Å². The quantitative estimate of drug-likeness (QED) is 0.298. The Hall–Kier alpha value is -4.46. The fourth-order valence-electron chi connectivity index (χ4n) is 3.13. The minimum atomic E-state index is -4.98. The van der Waals surface area contributed by atoms with Crippen LogP contribution in [0.3, 0.4) is 0 Å². The molecule has 2 aromatic rings. The number of aliphatic imine (C=N–C) groups is 1. The molecule has 0 bridgehead atoms. The number of para-hydroxylation sites is 1. The van der Waals surface area contributed by atoms with E-state index in [1.54, 1.807) is 12.3 Å². The number of nitrogen functional groups attached to an aromatic ring is 2. The summed E-state index contributed by atoms with van der Waals surface area (Å²) >= 11 is 0. The lowest BCUT2D eigenvalue weighted by Gasteiger charge is -2.34. The summed E-state index contributed by atoms with van der Waals surface area (Å²) < 4.78 is 63.4.